The van der Waals surface area contributed by atoms with Gasteiger partial charge in [0.05, 0.1) is 6.61 Å². The summed E-state index contributed by atoms with van der Waals surface area (Å²) in [6.45, 7) is 7.07. The lowest BCUT2D eigenvalue weighted by Crippen LogP contribution is -2.43. The number of ether oxygens (including phenoxy) is 1. The molecule has 1 aromatic heterocycles. The van der Waals surface area contributed by atoms with Crippen LogP contribution in [-0.2, 0) is 11.3 Å². The monoisotopic (exact) mass is 321 g/mol. The van der Waals surface area contributed by atoms with Gasteiger partial charge < -0.3 is 24.8 Å². The normalized spacial score (nSPS) is 17.4. The zero-order valence-electron chi connectivity index (χ0n) is 14.5. The first-order valence-electron chi connectivity index (χ1n) is 8.58. The highest BCUT2D eigenvalue weighted by molar-refractivity contribution is 5.79. The number of nitrogens with one attached hydrogen (secondary N) is 2. The standard InChI is InChI=1S/C17H31N5O/c1-18-17(19-7-12-21-8-3-4-9-21)20-15-16-5-10-22(11-6-16)13-14-23-2/h3-4,8-9,16H,5-7,10-15H2,1-2H3,(H2,18,19,20). The molecular formula is C17H31N5O. The molecule has 0 unspecified atom stereocenters. The zero-order chi connectivity index (χ0) is 16.3. The fraction of sp³-hybridized carbons (Fsp3) is 0.706. The molecule has 1 aliphatic heterocycles. The van der Waals surface area contributed by atoms with Crippen molar-refractivity contribution in [2.45, 2.75) is 19.4 Å². The van der Waals surface area contributed by atoms with Gasteiger partial charge in [0.2, 0.25) is 0 Å². The maximum atomic E-state index is 5.15. The van der Waals surface area contributed by atoms with Gasteiger partial charge in [-0.1, -0.05) is 0 Å². The van der Waals surface area contributed by atoms with E-state index in [1.165, 1.54) is 25.9 Å². The van der Waals surface area contributed by atoms with Gasteiger partial charge in [-0.2, -0.15) is 0 Å². The quantitative estimate of drug-likeness (QED) is 0.554. The van der Waals surface area contributed by atoms with Crippen LogP contribution >= 0.6 is 0 Å². The molecular weight excluding hydrogens is 290 g/mol. The Morgan fingerprint density at radius 2 is 1.91 bits per heavy atom. The number of likely N-dealkylation sites (tertiary alicyclic amines) is 1. The molecule has 0 radical (unpaired) electrons. The zero-order valence-corrected chi connectivity index (χ0v) is 14.5. The van der Waals surface area contributed by atoms with E-state index in [-0.39, 0.29) is 0 Å². The van der Waals surface area contributed by atoms with Crippen molar-refractivity contribution in [3.63, 3.8) is 0 Å². The molecule has 1 fully saturated rings. The van der Waals surface area contributed by atoms with Gasteiger partial charge in [-0.15, -0.1) is 0 Å². The fourth-order valence-electron chi connectivity index (χ4n) is 2.92. The Morgan fingerprint density at radius 3 is 2.57 bits per heavy atom. The van der Waals surface area contributed by atoms with E-state index < -0.39 is 0 Å². The van der Waals surface area contributed by atoms with E-state index in [1.807, 2.05) is 19.2 Å². The Kier molecular flexibility index (Phi) is 7.97. The van der Waals surface area contributed by atoms with Gasteiger partial charge in [0, 0.05) is 52.7 Å². The third-order valence-corrected chi connectivity index (χ3v) is 4.43. The van der Waals surface area contributed by atoms with Crippen LogP contribution in [0.1, 0.15) is 12.8 Å². The number of hydrogen-bond acceptors (Lipinski definition) is 3. The maximum Gasteiger partial charge on any atom is 0.191 e. The average Bonchev–Trinajstić information content (AvgIpc) is 3.10. The minimum Gasteiger partial charge on any atom is -0.383 e. The Balaban J connectivity index is 1.58. The van der Waals surface area contributed by atoms with Crippen LogP contribution in [0.25, 0.3) is 0 Å². The Labute approximate surface area is 139 Å². The summed E-state index contributed by atoms with van der Waals surface area (Å²) in [4.78, 5) is 6.80. The highest BCUT2D eigenvalue weighted by atomic mass is 16.5. The third kappa shape index (κ3) is 6.62. The molecule has 2 heterocycles. The van der Waals surface area contributed by atoms with Crippen LogP contribution in [0.5, 0.6) is 0 Å². The summed E-state index contributed by atoms with van der Waals surface area (Å²) in [5, 5.41) is 6.84. The summed E-state index contributed by atoms with van der Waals surface area (Å²) >= 11 is 0. The lowest BCUT2D eigenvalue weighted by molar-refractivity contribution is 0.121. The molecule has 0 bridgehead atoms. The third-order valence-electron chi connectivity index (χ3n) is 4.43. The van der Waals surface area contributed by atoms with Crippen molar-refractivity contribution >= 4 is 5.96 Å². The van der Waals surface area contributed by atoms with Gasteiger partial charge in [0.1, 0.15) is 0 Å². The summed E-state index contributed by atoms with van der Waals surface area (Å²) in [6.07, 6.45) is 6.65. The lowest BCUT2D eigenvalue weighted by Gasteiger charge is -2.32. The number of aliphatic imine (C=N–C) groups is 1. The number of nitrogens with zero attached hydrogens (tertiary/aromatic N) is 3. The Hall–Kier alpha value is -1.53. The Morgan fingerprint density at radius 1 is 1.17 bits per heavy atom. The average molecular weight is 321 g/mol. The second-order valence-corrected chi connectivity index (χ2v) is 6.08. The van der Waals surface area contributed by atoms with Crippen molar-refractivity contribution in [2.24, 2.45) is 10.9 Å². The first kappa shape index (κ1) is 17.8. The molecule has 1 aromatic rings. The SMILES string of the molecule is CN=C(NCCn1cccc1)NCC1CCN(CCOC)CC1. The van der Waals surface area contributed by atoms with E-state index in [1.54, 1.807) is 7.11 Å². The van der Waals surface area contributed by atoms with Gasteiger partial charge in [-0.25, -0.2) is 0 Å². The summed E-state index contributed by atoms with van der Waals surface area (Å²) in [7, 11) is 3.60. The van der Waals surface area contributed by atoms with Gasteiger partial charge in [0.25, 0.3) is 0 Å². The summed E-state index contributed by atoms with van der Waals surface area (Å²) in [5.41, 5.74) is 0. The van der Waals surface area contributed by atoms with Crippen molar-refractivity contribution < 1.29 is 4.74 Å². The number of aromatic nitrogens is 1. The molecule has 6 nitrogen and oxygen atoms in total. The number of rotatable bonds is 8. The molecule has 0 spiro atoms. The van der Waals surface area contributed by atoms with Crippen LogP contribution in [-0.4, -0.2) is 68.9 Å². The highest BCUT2D eigenvalue weighted by Gasteiger charge is 2.18. The lowest BCUT2D eigenvalue weighted by atomic mass is 9.97. The molecule has 2 N–H and O–H groups in total. The number of piperidine rings is 1. The van der Waals surface area contributed by atoms with Crippen LogP contribution < -0.4 is 10.6 Å². The van der Waals surface area contributed by atoms with E-state index in [0.717, 1.165) is 44.7 Å². The first-order valence-corrected chi connectivity index (χ1v) is 8.58. The predicted octanol–water partition coefficient (Wildman–Crippen LogP) is 1.01. The fourth-order valence-corrected chi connectivity index (χ4v) is 2.92. The van der Waals surface area contributed by atoms with Crippen molar-refractivity contribution in [2.75, 3.05) is 53.5 Å². The smallest absolute Gasteiger partial charge is 0.191 e. The second-order valence-electron chi connectivity index (χ2n) is 6.08. The molecule has 6 heteroatoms. The van der Waals surface area contributed by atoms with Crippen LogP contribution in [0.15, 0.2) is 29.5 Å². The molecule has 0 atom stereocenters. The molecule has 2 rings (SSSR count). The second kappa shape index (κ2) is 10.3. The van der Waals surface area contributed by atoms with Gasteiger partial charge >= 0.3 is 0 Å². The first-order chi connectivity index (χ1) is 11.3. The van der Waals surface area contributed by atoms with Crippen LogP contribution in [0.4, 0.5) is 0 Å². The van der Waals surface area contributed by atoms with Crippen molar-refractivity contribution in [1.29, 1.82) is 0 Å². The molecule has 0 aliphatic carbocycles. The van der Waals surface area contributed by atoms with Crippen molar-refractivity contribution in [3.05, 3.63) is 24.5 Å². The van der Waals surface area contributed by atoms with Crippen LogP contribution in [0, 0.1) is 5.92 Å². The van der Waals surface area contributed by atoms with Crippen molar-refractivity contribution in [3.8, 4) is 0 Å². The van der Waals surface area contributed by atoms with Gasteiger partial charge in [0.15, 0.2) is 5.96 Å². The summed E-state index contributed by atoms with van der Waals surface area (Å²) in [6, 6.07) is 4.10. The minimum absolute atomic E-state index is 0.733. The number of guanidine groups is 1. The van der Waals surface area contributed by atoms with E-state index in [0.29, 0.717) is 0 Å². The van der Waals surface area contributed by atoms with Gasteiger partial charge in [-0.05, 0) is 44.0 Å². The minimum atomic E-state index is 0.733. The molecule has 1 saturated heterocycles. The predicted molar refractivity (Wildman–Crippen MR) is 94.8 cm³/mol. The van der Waals surface area contributed by atoms with E-state index >= 15 is 0 Å². The molecule has 23 heavy (non-hydrogen) atoms. The summed E-state index contributed by atoms with van der Waals surface area (Å²) < 4.78 is 7.31. The molecule has 130 valence electrons. The van der Waals surface area contributed by atoms with E-state index in [2.05, 4.69) is 37.5 Å². The van der Waals surface area contributed by atoms with E-state index in [9.17, 15) is 0 Å². The van der Waals surface area contributed by atoms with Crippen LogP contribution in [0.2, 0.25) is 0 Å². The molecule has 0 aromatic carbocycles. The van der Waals surface area contributed by atoms with Crippen molar-refractivity contribution in [1.82, 2.24) is 20.1 Å². The summed E-state index contributed by atoms with van der Waals surface area (Å²) in [5.74, 6) is 1.63. The topological polar surface area (TPSA) is 53.8 Å². The number of methoxy groups -OCH3 is 1. The van der Waals surface area contributed by atoms with Gasteiger partial charge in [-0.3, -0.25) is 4.99 Å². The largest absolute Gasteiger partial charge is 0.383 e. The Bertz CT molecular complexity index is 438. The molecule has 0 amide bonds. The highest BCUT2D eigenvalue weighted by Crippen LogP contribution is 2.15. The van der Waals surface area contributed by atoms with Crippen LogP contribution in [0.3, 0.4) is 0 Å². The maximum absolute atomic E-state index is 5.15. The van der Waals surface area contributed by atoms with E-state index in [4.69, 9.17) is 4.74 Å². The molecule has 0 saturated carbocycles. The molecule has 1 aliphatic rings. The number of hydrogen-bond donors (Lipinski definition) is 2.